The van der Waals surface area contributed by atoms with Gasteiger partial charge < -0.3 is 0 Å². The maximum atomic E-state index is 6.10. The molecule has 0 aromatic heterocycles. The molecule has 16 heavy (non-hydrogen) atoms. The zero-order valence-corrected chi connectivity index (χ0v) is 11.5. The van der Waals surface area contributed by atoms with Gasteiger partial charge in [-0.2, -0.15) is 4.52 Å². The lowest BCUT2D eigenvalue weighted by atomic mass is 10.4. The summed E-state index contributed by atoms with van der Waals surface area (Å²) in [7, 11) is -1.89. The maximum absolute atomic E-state index is 6.10. The van der Waals surface area contributed by atoms with Crippen LogP contribution in [0.2, 0.25) is 0 Å². The first-order valence-corrected chi connectivity index (χ1v) is 7.72. The third kappa shape index (κ3) is 3.28. The molecule has 0 radical (unpaired) electrons. The SMILES string of the molecule is CCO[P+](CC)(OC(C)C)c1ccccc1. The van der Waals surface area contributed by atoms with Crippen molar-refractivity contribution in [3.05, 3.63) is 30.3 Å². The zero-order valence-electron chi connectivity index (χ0n) is 10.6. The highest BCUT2D eigenvalue weighted by molar-refractivity contribution is 7.74. The van der Waals surface area contributed by atoms with E-state index in [0.29, 0.717) is 6.61 Å². The molecule has 0 aliphatic carbocycles. The number of rotatable bonds is 6. The van der Waals surface area contributed by atoms with Gasteiger partial charge in [0.2, 0.25) is 0 Å². The molecular formula is C13H22O2P+. The van der Waals surface area contributed by atoms with E-state index in [0.717, 1.165) is 6.16 Å². The third-order valence-electron chi connectivity index (χ3n) is 2.28. The lowest BCUT2D eigenvalue weighted by Gasteiger charge is -2.24. The average molecular weight is 241 g/mol. The van der Waals surface area contributed by atoms with Crippen molar-refractivity contribution in [2.75, 3.05) is 12.8 Å². The number of hydrogen-bond acceptors (Lipinski definition) is 2. The van der Waals surface area contributed by atoms with E-state index in [1.807, 2.05) is 25.1 Å². The van der Waals surface area contributed by atoms with E-state index in [1.54, 1.807) is 0 Å². The van der Waals surface area contributed by atoms with Crippen molar-refractivity contribution in [2.24, 2.45) is 0 Å². The maximum Gasteiger partial charge on any atom is 0.307 e. The van der Waals surface area contributed by atoms with E-state index < -0.39 is 7.72 Å². The third-order valence-corrected chi connectivity index (χ3v) is 5.64. The molecule has 1 atom stereocenters. The van der Waals surface area contributed by atoms with Gasteiger partial charge in [-0.05, 0) is 39.8 Å². The molecule has 0 saturated carbocycles. The van der Waals surface area contributed by atoms with Gasteiger partial charge in [0.1, 0.15) is 6.16 Å². The molecule has 1 aromatic rings. The molecule has 0 fully saturated rings. The topological polar surface area (TPSA) is 18.5 Å². The Kier molecular flexibility index (Phi) is 5.40. The van der Waals surface area contributed by atoms with Crippen LogP contribution in [0.5, 0.6) is 0 Å². The van der Waals surface area contributed by atoms with Crippen LogP contribution in [0.1, 0.15) is 27.7 Å². The minimum atomic E-state index is -1.89. The minimum Gasteiger partial charge on any atom is -0.201 e. The Morgan fingerprint density at radius 2 is 1.75 bits per heavy atom. The van der Waals surface area contributed by atoms with Gasteiger partial charge in [-0.25, -0.2) is 4.52 Å². The molecule has 0 amide bonds. The molecular weight excluding hydrogens is 219 g/mol. The van der Waals surface area contributed by atoms with Gasteiger partial charge in [0.25, 0.3) is 0 Å². The summed E-state index contributed by atoms with van der Waals surface area (Å²) >= 11 is 0. The van der Waals surface area contributed by atoms with Crippen LogP contribution in [-0.4, -0.2) is 18.9 Å². The van der Waals surface area contributed by atoms with Crippen molar-refractivity contribution in [1.29, 1.82) is 0 Å². The molecule has 2 nitrogen and oxygen atoms in total. The van der Waals surface area contributed by atoms with Gasteiger partial charge in [0.05, 0.1) is 12.7 Å². The second-order valence-corrected chi connectivity index (χ2v) is 6.86. The first-order valence-electron chi connectivity index (χ1n) is 5.91. The molecule has 1 aromatic carbocycles. The Labute approximate surface area is 99.5 Å². The van der Waals surface area contributed by atoms with Gasteiger partial charge in [-0.15, -0.1) is 0 Å². The molecule has 1 rings (SSSR count). The van der Waals surface area contributed by atoms with Crippen LogP contribution in [0.25, 0.3) is 0 Å². The van der Waals surface area contributed by atoms with Crippen molar-refractivity contribution in [3.8, 4) is 0 Å². The van der Waals surface area contributed by atoms with Crippen LogP contribution in [0, 0.1) is 0 Å². The molecule has 0 aliphatic rings. The predicted molar refractivity (Wildman–Crippen MR) is 71.4 cm³/mol. The van der Waals surface area contributed by atoms with E-state index in [1.165, 1.54) is 5.30 Å². The smallest absolute Gasteiger partial charge is 0.201 e. The highest BCUT2D eigenvalue weighted by Gasteiger charge is 2.43. The molecule has 0 bridgehead atoms. The standard InChI is InChI=1S/C13H22O2P/c1-5-14-16(6-2,15-12(3)4)13-10-8-7-9-11-13/h7-12H,5-6H2,1-4H3/q+1. The Morgan fingerprint density at radius 3 is 2.19 bits per heavy atom. The first kappa shape index (κ1) is 13.6. The molecule has 0 heterocycles. The lowest BCUT2D eigenvalue weighted by molar-refractivity contribution is 0.201. The van der Waals surface area contributed by atoms with Crippen LogP contribution < -0.4 is 5.30 Å². The van der Waals surface area contributed by atoms with Crippen LogP contribution in [0.15, 0.2) is 30.3 Å². The molecule has 3 heteroatoms. The van der Waals surface area contributed by atoms with Crippen molar-refractivity contribution in [2.45, 2.75) is 33.8 Å². The molecule has 0 spiro atoms. The van der Waals surface area contributed by atoms with E-state index >= 15 is 0 Å². The van der Waals surface area contributed by atoms with Gasteiger partial charge in [0, 0.05) is 0 Å². The minimum absolute atomic E-state index is 0.194. The van der Waals surface area contributed by atoms with E-state index in [4.69, 9.17) is 9.05 Å². The molecule has 90 valence electrons. The van der Waals surface area contributed by atoms with E-state index in [9.17, 15) is 0 Å². The molecule has 0 saturated heterocycles. The quantitative estimate of drug-likeness (QED) is 0.708. The number of hydrogen-bond donors (Lipinski definition) is 0. The fourth-order valence-corrected chi connectivity index (χ4v) is 4.47. The Hall–Kier alpha value is -0.430. The molecule has 0 N–H and O–H groups in total. The Bertz CT molecular complexity index is 300. The summed E-state index contributed by atoms with van der Waals surface area (Å²) in [5, 5.41) is 1.20. The van der Waals surface area contributed by atoms with Gasteiger partial charge in [0.15, 0.2) is 5.30 Å². The normalized spacial score (nSPS) is 15.1. The summed E-state index contributed by atoms with van der Waals surface area (Å²) in [5.74, 6) is 0. The fraction of sp³-hybridized carbons (Fsp3) is 0.538. The van der Waals surface area contributed by atoms with Crippen LogP contribution in [0.3, 0.4) is 0 Å². The monoisotopic (exact) mass is 241 g/mol. The van der Waals surface area contributed by atoms with Crippen molar-refractivity contribution in [3.63, 3.8) is 0 Å². The fourth-order valence-electron chi connectivity index (χ4n) is 1.72. The van der Waals surface area contributed by atoms with Crippen molar-refractivity contribution in [1.82, 2.24) is 0 Å². The van der Waals surface area contributed by atoms with Gasteiger partial charge in [-0.3, -0.25) is 0 Å². The number of benzene rings is 1. The molecule has 1 unspecified atom stereocenters. The summed E-state index contributed by atoms with van der Waals surface area (Å²) in [6, 6.07) is 10.3. The Morgan fingerprint density at radius 1 is 1.12 bits per heavy atom. The lowest BCUT2D eigenvalue weighted by Crippen LogP contribution is -2.21. The second-order valence-electron chi connectivity index (χ2n) is 3.90. The van der Waals surface area contributed by atoms with E-state index in [-0.39, 0.29) is 6.10 Å². The summed E-state index contributed by atoms with van der Waals surface area (Å²) in [5.41, 5.74) is 0. The average Bonchev–Trinajstić information content (AvgIpc) is 2.29. The van der Waals surface area contributed by atoms with E-state index in [2.05, 4.69) is 32.9 Å². The first-order chi connectivity index (χ1) is 7.64. The van der Waals surface area contributed by atoms with Crippen LogP contribution in [-0.2, 0) is 9.05 Å². The summed E-state index contributed by atoms with van der Waals surface area (Å²) in [4.78, 5) is 0. The van der Waals surface area contributed by atoms with Gasteiger partial charge in [-0.1, -0.05) is 18.2 Å². The predicted octanol–water partition coefficient (Wildman–Crippen LogP) is 3.64. The molecule has 0 aliphatic heterocycles. The summed E-state index contributed by atoms with van der Waals surface area (Å²) in [6.45, 7) is 8.98. The second kappa shape index (κ2) is 6.34. The van der Waals surface area contributed by atoms with Gasteiger partial charge >= 0.3 is 7.72 Å². The highest BCUT2D eigenvalue weighted by atomic mass is 31.2. The summed E-state index contributed by atoms with van der Waals surface area (Å²) in [6.07, 6.45) is 1.11. The van der Waals surface area contributed by atoms with Crippen molar-refractivity contribution < 1.29 is 9.05 Å². The largest absolute Gasteiger partial charge is 0.307 e. The summed E-state index contributed by atoms with van der Waals surface area (Å²) < 4.78 is 12.1. The Balaban J connectivity index is 3.01. The van der Waals surface area contributed by atoms with Crippen LogP contribution >= 0.6 is 7.72 Å². The van der Waals surface area contributed by atoms with Crippen LogP contribution in [0.4, 0.5) is 0 Å². The van der Waals surface area contributed by atoms with Crippen molar-refractivity contribution >= 4 is 13.0 Å². The zero-order chi connectivity index (χ0) is 12.0. The highest BCUT2D eigenvalue weighted by Crippen LogP contribution is 2.60.